The van der Waals surface area contributed by atoms with Crippen LogP contribution >= 0.6 is 0 Å². The molecular formula is C22H29N. The fourth-order valence-corrected chi connectivity index (χ4v) is 2.12. The predicted molar refractivity (Wildman–Crippen MR) is 105 cm³/mol. The number of rotatable bonds is 7. The van der Waals surface area contributed by atoms with Gasteiger partial charge in [0, 0.05) is 17.8 Å². The lowest BCUT2D eigenvalue weighted by Crippen LogP contribution is -1.99. The summed E-state index contributed by atoms with van der Waals surface area (Å²) >= 11 is 0. The molecule has 0 aliphatic rings. The van der Waals surface area contributed by atoms with E-state index in [4.69, 9.17) is 0 Å². The van der Waals surface area contributed by atoms with Crippen molar-refractivity contribution in [3.8, 4) is 0 Å². The molecule has 0 heterocycles. The Bertz CT molecular complexity index is 665. The number of aryl methyl sites for hydroxylation is 2. The Labute approximate surface area is 141 Å². The molecule has 0 unspecified atom stereocenters. The first-order chi connectivity index (χ1) is 10.8. The largest absolute Gasteiger partial charge is 0.359 e. The van der Waals surface area contributed by atoms with Crippen LogP contribution in [0.3, 0.4) is 0 Å². The summed E-state index contributed by atoms with van der Waals surface area (Å²) in [4.78, 5) is 0. The maximum absolute atomic E-state index is 4.14. The molecule has 0 saturated carbocycles. The minimum absolute atomic E-state index is 0.791. The number of nitrogens with one attached hydrogen (secondary N) is 1. The molecule has 23 heavy (non-hydrogen) atoms. The summed E-state index contributed by atoms with van der Waals surface area (Å²) in [5.74, 6) is 0. The molecule has 1 aromatic rings. The molecular weight excluding hydrogens is 278 g/mol. The number of anilines is 1. The SMILES string of the molecule is C=CC(=C\C=C(C)C)/C(C)=C/CC(=C)Nc1cc(C)ccc1C. The van der Waals surface area contributed by atoms with E-state index < -0.39 is 0 Å². The van der Waals surface area contributed by atoms with Gasteiger partial charge in [-0.2, -0.15) is 0 Å². The second-order valence-electron chi connectivity index (χ2n) is 6.21. The molecule has 0 saturated heterocycles. The Kier molecular flexibility index (Phi) is 7.34. The van der Waals surface area contributed by atoms with Crippen molar-refractivity contribution in [3.05, 3.63) is 89.2 Å². The van der Waals surface area contributed by atoms with Crippen LogP contribution in [0.1, 0.15) is 38.3 Å². The van der Waals surface area contributed by atoms with E-state index in [0.29, 0.717) is 0 Å². The van der Waals surface area contributed by atoms with Crippen molar-refractivity contribution < 1.29 is 0 Å². The molecule has 1 N–H and O–H groups in total. The minimum Gasteiger partial charge on any atom is -0.359 e. The maximum atomic E-state index is 4.14. The van der Waals surface area contributed by atoms with Gasteiger partial charge < -0.3 is 5.32 Å². The summed E-state index contributed by atoms with van der Waals surface area (Å²) in [6.45, 7) is 18.5. The number of allylic oxidation sites excluding steroid dienone is 7. The highest BCUT2D eigenvalue weighted by molar-refractivity contribution is 5.56. The lowest BCUT2D eigenvalue weighted by atomic mass is 10.0. The topological polar surface area (TPSA) is 12.0 Å². The molecule has 0 fully saturated rings. The van der Waals surface area contributed by atoms with Crippen molar-refractivity contribution >= 4 is 5.69 Å². The highest BCUT2D eigenvalue weighted by atomic mass is 14.9. The summed E-state index contributed by atoms with van der Waals surface area (Å²) in [6, 6.07) is 6.41. The molecule has 122 valence electrons. The molecule has 1 rings (SSSR count). The average Bonchev–Trinajstić information content (AvgIpc) is 2.49. The molecule has 0 atom stereocenters. The van der Waals surface area contributed by atoms with Crippen molar-refractivity contribution in [1.29, 1.82) is 0 Å². The van der Waals surface area contributed by atoms with Crippen molar-refractivity contribution in [2.75, 3.05) is 5.32 Å². The quantitative estimate of drug-likeness (QED) is 0.556. The van der Waals surface area contributed by atoms with Crippen LogP contribution in [0.15, 0.2) is 78.1 Å². The molecule has 0 aromatic heterocycles. The van der Waals surface area contributed by atoms with Crippen LogP contribution in [-0.4, -0.2) is 0 Å². The fourth-order valence-electron chi connectivity index (χ4n) is 2.12. The van der Waals surface area contributed by atoms with Gasteiger partial charge in [0.15, 0.2) is 0 Å². The summed E-state index contributed by atoms with van der Waals surface area (Å²) in [5.41, 5.74) is 8.22. The molecule has 1 nitrogen and oxygen atoms in total. The van der Waals surface area contributed by atoms with E-state index in [9.17, 15) is 0 Å². The number of hydrogen-bond donors (Lipinski definition) is 1. The van der Waals surface area contributed by atoms with Crippen molar-refractivity contribution in [3.63, 3.8) is 0 Å². The van der Waals surface area contributed by atoms with Crippen molar-refractivity contribution in [1.82, 2.24) is 0 Å². The predicted octanol–water partition coefficient (Wildman–Crippen LogP) is 6.64. The number of hydrogen-bond acceptors (Lipinski definition) is 1. The van der Waals surface area contributed by atoms with Gasteiger partial charge in [-0.3, -0.25) is 0 Å². The van der Waals surface area contributed by atoms with Gasteiger partial charge >= 0.3 is 0 Å². The van der Waals surface area contributed by atoms with Crippen molar-refractivity contribution in [2.24, 2.45) is 0 Å². The third kappa shape index (κ3) is 6.56. The minimum atomic E-state index is 0.791. The van der Waals surface area contributed by atoms with Gasteiger partial charge in [0.25, 0.3) is 0 Å². The van der Waals surface area contributed by atoms with Gasteiger partial charge in [-0.1, -0.05) is 55.2 Å². The lowest BCUT2D eigenvalue weighted by molar-refractivity contribution is 1.19. The van der Waals surface area contributed by atoms with E-state index in [1.165, 1.54) is 22.3 Å². The van der Waals surface area contributed by atoms with Crippen molar-refractivity contribution in [2.45, 2.75) is 41.0 Å². The van der Waals surface area contributed by atoms with Crippen LogP contribution in [0, 0.1) is 13.8 Å². The Hall–Kier alpha value is -2.28. The van der Waals surface area contributed by atoms with E-state index in [-0.39, 0.29) is 0 Å². The van der Waals surface area contributed by atoms with Crippen LogP contribution in [-0.2, 0) is 0 Å². The molecule has 1 aromatic carbocycles. The van der Waals surface area contributed by atoms with Crippen LogP contribution in [0.25, 0.3) is 0 Å². The van der Waals surface area contributed by atoms with Gasteiger partial charge in [-0.15, -0.1) is 0 Å². The molecule has 0 aliphatic heterocycles. The van der Waals surface area contributed by atoms with Gasteiger partial charge in [-0.25, -0.2) is 0 Å². The Balaban J connectivity index is 2.77. The summed E-state index contributed by atoms with van der Waals surface area (Å²) in [5, 5.41) is 3.42. The van der Waals surface area contributed by atoms with E-state index in [1.807, 2.05) is 6.08 Å². The molecule has 0 bridgehead atoms. The van der Waals surface area contributed by atoms with Gasteiger partial charge in [0.1, 0.15) is 0 Å². The average molecular weight is 307 g/mol. The maximum Gasteiger partial charge on any atom is 0.0414 e. The second kappa shape index (κ2) is 8.99. The first kappa shape index (κ1) is 18.8. The smallest absolute Gasteiger partial charge is 0.0414 e. The Morgan fingerprint density at radius 2 is 1.83 bits per heavy atom. The fraction of sp³-hybridized carbons (Fsp3) is 0.273. The number of benzene rings is 1. The lowest BCUT2D eigenvalue weighted by Gasteiger charge is -2.12. The molecule has 0 amide bonds. The van der Waals surface area contributed by atoms with Crippen LogP contribution in [0.2, 0.25) is 0 Å². The normalized spacial score (nSPS) is 11.9. The first-order valence-electron chi connectivity index (χ1n) is 8.00. The van der Waals surface area contributed by atoms with Crippen LogP contribution in [0.5, 0.6) is 0 Å². The molecule has 1 heteroatoms. The van der Waals surface area contributed by atoms with E-state index >= 15 is 0 Å². The standard InChI is InChI=1S/C22H29N/c1-8-21(14-9-16(2)3)18(5)12-13-20(7)23-22-15-17(4)10-11-19(22)6/h8-12,14-15,23H,1,7,13H2,2-6H3/b18-12+,21-14+. The van der Waals surface area contributed by atoms with Gasteiger partial charge in [0.05, 0.1) is 0 Å². The third-order valence-electron chi connectivity index (χ3n) is 3.63. The Morgan fingerprint density at radius 1 is 1.13 bits per heavy atom. The highest BCUT2D eigenvalue weighted by Gasteiger charge is 2.01. The Morgan fingerprint density at radius 3 is 2.43 bits per heavy atom. The summed E-state index contributed by atoms with van der Waals surface area (Å²) in [6.07, 6.45) is 9.09. The zero-order chi connectivity index (χ0) is 17.4. The molecule has 0 aliphatic carbocycles. The highest BCUT2D eigenvalue weighted by Crippen LogP contribution is 2.20. The van der Waals surface area contributed by atoms with E-state index in [1.54, 1.807) is 0 Å². The van der Waals surface area contributed by atoms with Gasteiger partial charge in [-0.05, 0) is 63.0 Å². The third-order valence-corrected chi connectivity index (χ3v) is 3.63. The van der Waals surface area contributed by atoms with Crippen LogP contribution in [0.4, 0.5) is 5.69 Å². The summed E-state index contributed by atoms with van der Waals surface area (Å²) < 4.78 is 0. The second-order valence-corrected chi connectivity index (χ2v) is 6.21. The van der Waals surface area contributed by atoms with Gasteiger partial charge in [0.2, 0.25) is 0 Å². The zero-order valence-electron chi connectivity index (χ0n) is 15.2. The van der Waals surface area contributed by atoms with E-state index in [2.05, 4.69) is 89.5 Å². The zero-order valence-corrected chi connectivity index (χ0v) is 15.2. The summed E-state index contributed by atoms with van der Waals surface area (Å²) in [7, 11) is 0. The van der Waals surface area contributed by atoms with E-state index in [0.717, 1.165) is 23.4 Å². The molecule has 0 spiro atoms. The monoisotopic (exact) mass is 307 g/mol. The molecule has 0 radical (unpaired) electrons. The van der Waals surface area contributed by atoms with Crippen LogP contribution < -0.4 is 5.32 Å². The first-order valence-corrected chi connectivity index (χ1v) is 8.00.